The summed E-state index contributed by atoms with van der Waals surface area (Å²) in [5.74, 6) is 1.65. The summed E-state index contributed by atoms with van der Waals surface area (Å²) in [5, 5.41) is 7.65. The van der Waals surface area contributed by atoms with Gasteiger partial charge in [-0.3, -0.25) is 4.90 Å². The van der Waals surface area contributed by atoms with Crippen LogP contribution in [0, 0.1) is 5.92 Å². The van der Waals surface area contributed by atoms with E-state index in [4.69, 9.17) is 9.47 Å². The smallest absolute Gasteiger partial charge is 0.119 e. The Balaban J connectivity index is 1.43. The summed E-state index contributed by atoms with van der Waals surface area (Å²) < 4.78 is 11.2. The van der Waals surface area contributed by atoms with Crippen molar-refractivity contribution in [3.63, 3.8) is 0 Å². The second kappa shape index (κ2) is 9.37. The maximum Gasteiger partial charge on any atom is 0.119 e. The number of ether oxygens (including phenoxy) is 2. The molecule has 4 unspecified atom stereocenters. The fourth-order valence-electron chi connectivity index (χ4n) is 5.21. The Kier molecular flexibility index (Phi) is 6.66. The molecule has 2 saturated heterocycles. The highest BCUT2D eigenvalue weighted by Gasteiger charge is 2.35. The third-order valence-corrected chi connectivity index (χ3v) is 6.67. The van der Waals surface area contributed by atoms with E-state index in [1.165, 1.54) is 50.8 Å². The Bertz CT molecular complexity index is 585. The molecular weight excluding hydrogens is 338 g/mol. The van der Waals surface area contributed by atoms with Crippen molar-refractivity contribution in [2.45, 2.75) is 50.2 Å². The molecule has 5 nitrogen and oxygen atoms in total. The van der Waals surface area contributed by atoms with Gasteiger partial charge in [0.25, 0.3) is 0 Å². The summed E-state index contributed by atoms with van der Waals surface area (Å²) in [4.78, 5) is 2.65. The summed E-state index contributed by atoms with van der Waals surface area (Å²) in [6.45, 7) is 6.14. The zero-order valence-electron chi connectivity index (χ0n) is 16.7. The summed E-state index contributed by atoms with van der Waals surface area (Å²) in [7, 11) is 1.75. The van der Waals surface area contributed by atoms with Gasteiger partial charge in [-0.05, 0) is 62.4 Å². The minimum Gasteiger partial charge on any atom is -0.497 e. The van der Waals surface area contributed by atoms with Crippen molar-refractivity contribution in [3.05, 3.63) is 29.8 Å². The largest absolute Gasteiger partial charge is 0.497 e. The average Bonchev–Trinajstić information content (AvgIpc) is 3.41. The van der Waals surface area contributed by atoms with Gasteiger partial charge in [0.2, 0.25) is 0 Å². The number of nitrogens with zero attached hydrogens (tertiary/aromatic N) is 1. The van der Waals surface area contributed by atoms with Crippen molar-refractivity contribution in [1.82, 2.24) is 15.5 Å². The molecule has 2 aliphatic heterocycles. The molecule has 0 aromatic heterocycles. The van der Waals surface area contributed by atoms with Gasteiger partial charge in [-0.2, -0.15) is 0 Å². The molecule has 1 aromatic rings. The highest BCUT2D eigenvalue weighted by atomic mass is 16.5. The van der Waals surface area contributed by atoms with Gasteiger partial charge in [-0.25, -0.2) is 0 Å². The molecule has 2 N–H and O–H groups in total. The molecule has 4 atom stereocenters. The number of hydrogen-bond acceptors (Lipinski definition) is 5. The predicted molar refractivity (Wildman–Crippen MR) is 108 cm³/mol. The minimum absolute atomic E-state index is 0.430. The minimum atomic E-state index is 0.430. The fraction of sp³-hybridized carbons (Fsp3) is 0.727. The molecule has 0 amide bonds. The van der Waals surface area contributed by atoms with Crippen LogP contribution in [0.25, 0.3) is 0 Å². The Morgan fingerprint density at radius 3 is 2.93 bits per heavy atom. The van der Waals surface area contributed by atoms with Gasteiger partial charge in [-0.1, -0.05) is 18.6 Å². The van der Waals surface area contributed by atoms with Crippen molar-refractivity contribution in [2.24, 2.45) is 5.92 Å². The van der Waals surface area contributed by atoms with Gasteiger partial charge >= 0.3 is 0 Å². The van der Waals surface area contributed by atoms with E-state index in [0.717, 1.165) is 32.1 Å². The monoisotopic (exact) mass is 373 g/mol. The first-order valence-electron chi connectivity index (χ1n) is 10.8. The molecular formula is C22H35N3O2. The fourth-order valence-corrected chi connectivity index (χ4v) is 5.21. The van der Waals surface area contributed by atoms with E-state index in [2.05, 4.69) is 33.7 Å². The van der Waals surface area contributed by atoms with E-state index in [0.29, 0.717) is 24.0 Å². The third-order valence-electron chi connectivity index (χ3n) is 6.67. The van der Waals surface area contributed by atoms with Crippen molar-refractivity contribution in [3.8, 4) is 5.75 Å². The Morgan fingerprint density at radius 2 is 2.15 bits per heavy atom. The summed E-state index contributed by atoms with van der Waals surface area (Å²) in [6, 6.07) is 10.2. The van der Waals surface area contributed by atoms with Gasteiger partial charge in [0, 0.05) is 31.2 Å². The number of hydrogen-bond donors (Lipinski definition) is 2. The van der Waals surface area contributed by atoms with Crippen molar-refractivity contribution in [1.29, 1.82) is 0 Å². The molecule has 1 aliphatic carbocycles. The van der Waals surface area contributed by atoms with E-state index in [9.17, 15) is 0 Å². The Hall–Kier alpha value is -1.14. The van der Waals surface area contributed by atoms with Crippen LogP contribution in [0.15, 0.2) is 24.3 Å². The lowest BCUT2D eigenvalue weighted by Crippen LogP contribution is -2.51. The molecule has 4 rings (SSSR count). The van der Waals surface area contributed by atoms with Crippen LogP contribution in [0.4, 0.5) is 0 Å². The van der Waals surface area contributed by atoms with Gasteiger partial charge in [-0.15, -0.1) is 0 Å². The molecule has 0 radical (unpaired) electrons. The van der Waals surface area contributed by atoms with Gasteiger partial charge in [0.15, 0.2) is 0 Å². The number of nitrogens with one attached hydrogen (secondary N) is 2. The lowest BCUT2D eigenvalue weighted by atomic mass is 9.93. The zero-order valence-corrected chi connectivity index (χ0v) is 16.7. The third kappa shape index (κ3) is 4.65. The average molecular weight is 374 g/mol. The highest BCUT2D eigenvalue weighted by Crippen LogP contribution is 2.31. The molecule has 1 aromatic carbocycles. The topological polar surface area (TPSA) is 45.8 Å². The highest BCUT2D eigenvalue weighted by molar-refractivity contribution is 5.31. The predicted octanol–water partition coefficient (Wildman–Crippen LogP) is 2.58. The van der Waals surface area contributed by atoms with Gasteiger partial charge < -0.3 is 20.1 Å². The second-order valence-corrected chi connectivity index (χ2v) is 8.28. The summed E-state index contributed by atoms with van der Waals surface area (Å²) in [5.41, 5.74) is 1.37. The lowest BCUT2D eigenvalue weighted by Gasteiger charge is -2.35. The van der Waals surface area contributed by atoms with Crippen LogP contribution in [0.3, 0.4) is 0 Å². The van der Waals surface area contributed by atoms with Crippen LogP contribution >= 0.6 is 0 Å². The number of likely N-dealkylation sites (tertiary alicyclic amines) is 1. The molecule has 2 heterocycles. The first-order valence-corrected chi connectivity index (χ1v) is 10.8. The van der Waals surface area contributed by atoms with Crippen LogP contribution in [-0.4, -0.2) is 63.5 Å². The van der Waals surface area contributed by atoms with E-state index < -0.39 is 0 Å². The van der Waals surface area contributed by atoms with E-state index in [1.807, 2.05) is 6.07 Å². The first-order chi connectivity index (χ1) is 13.3. The normalized spacial score (nSPS) is 30.5. The first kappa shape index (κ1) is 19.2. The summed E-state index contributed by atoms with van der Waals surface area (Å²) >= 11 is 0. The van der Waals surface area contributed by atoms with Crippen LogP contribution in [-0.2, 0) is 4.74 Å². The van der Waals surface area contributed by atoms with Crippen molar-refractivity contribution < 1.29 is 9.47 Å². The Morgan fingerprint density at radius 1 is 1.26 bits per heavy atom. The maximum absolute atomic E-state index is 5.73. The Labute approximate surface area is 163 Å². The molecule has 0 spiro atoms. The van der Waals surface area contributed by atoms with E-state index >= 15 is 0 Å². The van der Waals surface area contributed by atoms with Crippen LogP contribution < -0.4 is 15.4 Å². The number of rotatable bonds is 7. The van der Waals surface area contributed by atoms with E-state index in [-0.39, 0.29) is 0 Å². The number of morpholine rings is 1. The van der Waals surface area contributed by atoms with Crippen LogP contribution in [0.2, 0.25) is 0 Å². The van der Waals surface area contributed by atoms with Crippen LogP contribution in [0.5, 0.6) is 5.75 Å². The molecule has 1 saturated carbocycles. The second-order valence-electron chi connectivity index (χ2n) is 8.28. The van der Waals surface area contributed by atoms with Crippen molar-refractivity contribution >= 4 is 0 Å². The molecule has 27 heavy (non-hydrogen) atoms. The molecule has 0 bridgehead atoms. The van der Waals surface area contributed by atoms with Gasteiger partial charge in [0.1, 0.15) is 5.75 Å². The number of benzene rings is 1. The SMILES string of the molecule is COc1cccc(C(CNC2CCCC2C2COCCN2)N2CCCC2)c1. The molecule has 3 aliphatic rings. The molecule has 5 heteroatoms. The lowest BCUT2D eigenvalue weighted by molar-refractivity contribution is 0.0519. The zero-order chi connectivity index (χ0) is 18.5. The number of methoxy groups -OCH3 is 1. The van der Waals surface area contributed by atoms with Crippen LogP contribution in [0.1, 0.15) is 43.7 Å². The van der Waals surface area contributed by atoms with Gasteiger partial charge in [0.05, 0.1) is 20.3 Å². The molecule has 150 valence electrons. The summed E-state index contributed by atoms with van der Waals surface area (Å²) in [6.07, 6.45) is 6.56. The standard InChI is InChI=1S/C22H35N3O2/c1-26-18-7-4-6-17(14-18)22(25-11-2-3-12-25)15-24-20-9-5-8-19(20)21-16-27-13-10-23-21/h4,6-7,14,19-24H,2-3,5,8-13,15-16H2,1H3. The molecule has 3 fully saturated rings. The van der Waals surface area contributed by atoms with E-state index in [1.54, 1.807) is 7.11 Å². The quantitative estimate of drug-likeness (QED) is 0.769. The maximum atomic E-state index is 5.73. The van der Waals surface area contributed by atoms with Crippen molar-refractivity contribution in [2.75, 3.05) is 46.5 Å².